The number of rotatable bonds is 7. The second-order valence-corrected chi connectivity index (χ2v) is 8.21. The van der Waals surface area contributed by atoms with Crippen LogP contribution in [-0.4, -0.2) is 42.0 Å². The maximum Gasteiger partial charge on any atom is 0.0975 e. The van der Waals surface area contributed by atoms with Gasteiger partial charge in [0, 0.05) is 29.0 Å². The van der Waals surface area contributed by atoms with Gasteiger partial charge in [-0.25, -0.2) is 4.98 Å². The first-order chi connectivity index (χ1) is 15.2. The molecule has 3 aromatic heterocycles. The zero-order chi connectivity index (χ0) is 21.2. The van der Waals surface area contributed by atoms with Crippen LogP contribution in [0.2, 0.25) is 0 Å². The maximum atomic E-state index is 10.2. The normalized spacial score (nSPS) is 11.6. The van der Waals surface area contributed by atoms with Crippen molar-refractivity contribution in [2.45, 2.75) is 13.0 Å². The van der Waals surface area contributed by atoms with E-state index < -0.39 is 0 Å². The fourth-order valence-electron chi connectivity index (χ4n) is 3.44. The standard InChI is InChI=1S/C22H19N7OS/c1-14(9-26-29(30)13-17-6-3-7-19-18(17)11-25-27-19)20-12-23-21(31-20)8-15-4-2-5-16-10-24-28-22(15)16/h2-7,9-12,30H,1,8,13H2,(H,24,28)(H,25,27)/b26-9-. The van der Waals surface area contributed by atoms with Crippen LogP contribution in [0.3, 0.4) is 0 Å². The molecule has 0 saturated heterocycles. The SMILES string of the molecule is C=C(/C=N\N(O)Cc1cccc2[nH]ncc12)c1cnc(Cc2cccc3cn[nH]c23)s1. The Bertz CT molecular complexity index is 1400. The molecule has 31 heavy (non-hydrogen) atoms. The van der Waals surface area contributed by atoms with Gasteiger partial charge in [0.25, 0.3) is 0 Å². The Balaban J connectivity index is 1.25. The number of para-hydroxylation sites is 1. The molecule has 0 radical (unpaired) electrons. The maximum absolute atomic E-state index is 10.2. The Hall–Kier alpha value is -3.82. The van der Waals surface area contributed by atoms with E-state index in [2.05, 4.69) is 43.1 Å². The number of hydrogen-bond donors (Lipinski definition) is 3. The summed E-state index contributed by atoms with van der Waals surface area (Å²) < 4.78 is 0. The Morgan fingerprint density at radius 2 is 1.94 bits per heavy atom. The van der Waals surface area contributed by atoms with Gasteiger partial charge < -0.3 is 0 Å². The van der Waals surface area contributed by atoms with Crippen LogP contribution in [0.25, 0.3) is 27.4 Å². The first-order valence-corrected chi connectivity index (χ1v) is 10.5. The summed E-state index contributed by atoms with van der Waals surface area (Å²) in [6.45, 7) is 4.30. The van der Waals surface area contributed by atoms with Gasteiger partial charge in [-0.2, -0.15) is 20.5 Å². The molecule has 3 heterocycles. The van der Waals surface area contributed by atoms with Crippen molar-refractivity contribution in [3.05, 3.63) is 82.6 Å². The lowest BCUT2D eigenvalue weighted by molar-refractivity contribution is -0.0971. The quantitative estimate of drug-likeness (QED) is 0.263. The van der Waals surface area contributed by atoms with Gasteiger partial charge in [-0.3, -0.25) is 15.4 Å². The van der Waals surface area contributed by atoms with Crippen LogP contribution in [-0.2, 0) is 13.0 Å². The molecule has 154 valence electrons. The van der Waals surface area contributed by atoms with E-state index in [1.807, 2.05) is 36.5 Å². The smallest absolute Gasteiger partial charge is 0.0975 e. The Labute approximate surface area is 181 Å². The number of allylic oxidation sites excluding steroid dienone is 1. The summed E-state index contributed by atoms with van der Waals surface area (Å²) in [5, 5.41) is 32.4. The minimum atomic E-state index is 0.239. The van der Waals surface area contributed by atoms with Gasteiger partial charge >= 0.3 is 0 Å². The molecule has 2 aromatic carbocycles. The Morgan fingerprint density at radius 1 is 1.10 bits per heavy atom. The van der Waals surface area contributed by atoms with E-state index in [0.717, 1.165) is 48.0 Å². The average Bonchev–Trinajstić information content (AvgIpc) is 3.52. The van der Waals surface area contributed by atoms with Crippen molar-refractivity contribution in [3.8, 4) is 0 Å². The summed E-state index contributed by atoms with van der Waals surface area (Å²) in [6.07, 6.45) is 7.59. The predicted molar refractivity (Wildman–Crippen MR) is 122 cm³/mol. The van der Waals surface area contributed by atoms with E-state index in [1.165, 1.54) is 0 Å². The van der Waals surface area contributed by atoms with Gasteiger partial charge in [0.2, 0.25) is 0 Å². The number of hydrogen-bond acceptors (Lipinski definition) is 7. The molecule has 5 aromatic rings. The lowest BCUT2D eigenvalue weighted by Gasteiger charge is -2.11. The summed E-state index contributed by atoms with van der Waals surface area (Å²) in [7, 11) is 0. The van der Waals surface area contributed by atoms with Crippen molar-refractivity contribution in [3.63, 3.8) is 0 Å². The van der Waals surface area contributed by atoms with E-state index in [1.54, 1.807) is 29.9 Å². The first-order valence-electron chi connectivity index (χ1n) is 9.64. The third kappa shape index (κ3) is 3.96. The molecular weight excluding hydrogens is 410 g/mol. The zero-order valence-corrected chi connectivity index (χ0v) is 17.3. The van der Waals surface area contributed by atoms with Crippen LogP contribution in [0.5, 0.6) is 0 Å². The number of aromatic nitrogens is 5. The second-order valence-electron chi connectivity index (χ2n) is 7.09. The Morgan fingerprint density at radius 3 is 2.87 bits per heavy atom. The van der Waals surface area contributed by atoms with Gasteiger partial charge in [-0.1, -0.05) is 36.9 Å². The number of H-pyrrole nitrogens is 2. The van der Waals surface area contributed by atoms with Crippen LogP contribution in [0.4, 0.5) is 0 Å². The van der Waals surface area contributed by atoms with Crippen molar-refractivity contribution in [1.82, 2.24) is 30.6 Å². The number of fused-ring (bicyclic) bond motifs is 2. The molecule has 0 aliphatic rings. The molecule has 0 aliphatic heterocycles. The van der Waals surface area contributed by atoms with E-state index >= 15 is 0 Å². The minimum absolute atomic E-state index is 0.239. The molecule has 5 rings (SSSR count). The molecule has 0 saturated carbocycles. The average molecular weight is 430 g/mol. The third-order valence-electron chi connectivity index (χ3n) is 5.01. The van der Waals surface area contributed by atoms with Crippen LogP contribution >= 0.6 is 11.3 Å². The molecule has 0 bridgehead atoms. The third-order valence-corrected chi connectivity index (χ3v) is 6.08. The van der Waals surface area contributed by atoms with Gasteiger partial charge in [0.1, 0.15) is 0 Å². The summed E-state index contributed by atoms with van der Waals surface area (Å²) in [5.74, 6) is 0. The van der Waals surface area contributed by atoms with Gasteiger partial charge in [0.15, 0.2) is 0 Å². The molecule has 0 spiro atoms. The molecular formula is C22H19N7OS. The van der Waals surface area contributed by atoms with Crippen LogP contribution in [0.15, 0.2) is 66.7 Å². The van der Waals surface area contributed by atoms with E-state index in [4.69, 9.17) is 0 Å². The molecule has 0 aliphatic carbocycles. The predicted octanol–water partition coefficient (Wildman–Crippen LogP) is 4.38. The molecule has 0 amide bonds. The summed E-state index contributed by atoms with van der Waals surface area (Å²) in [6, 6.07) is 11.9. The monoisotopic (exact) mass is 429 g/mol. The van der Waals surface area contributed by atoms with Crippen LogP contribution in [0.1, 0.15) is 21.0 Å². The number of hydrazone groups is 1. The highest BCUT2D eigenvalue weighted by atomic mass is 32.1. The first kappa shape index (κ1) is 19.2. The second kappa shape index (κ2) is 8.13. The molecule has 9 heteroatoms. The van der Waals surface area contributed by atoms with Gasteiger partial charge in [-0.15, -0.1) is 11.3 Å². The van der Waals surface area contributed by atoms with Crippen molar-refractivity contribution in [1.29, 1.82) is 0 Å². The van der Waals surface area contributed by atoms with Crippen molar-refractivity contribution in [2.24, 2.45) is 5.10 Å². The van der Waals surface area contributed by atoms with Crippen LogP contribution < -0.4 is 0 Å². The summed E-state index contributed by atoms with van der Waals surface area (Å²) in [4.78, 5) is 5.43. The van der Waals surface area contributed by atoms with E-state index in [9.17, 15) is 5.21 Å². The highest BCUT2D eigenvalue weighted by Gasteiger charge is 2.10. The van der Waals surface area contributed by atoms with Gasteiger partial charge in [-0.05, 0) is 17.2 Å². The number of aromatic amines is 2. The molecule has 0 fully saturated rings. The fourth-order valence-corrected chi connectivity index (χ4v) is 4.32. The molecule has 0 unspecified atom stereocenters. The minimum Gasteiger partial charge on any atom is -0.278 e. The largest absolute Gasteiger partial charge is 0.278 e. The number of benzene rings is 2. The van der Waals surface area contributed by atoms with E-state index in [0.29, 0.717) is 12.0 Å². The lowest BCUT2D eigenvalue weighted by atomic mass is 10.1. The van der Waals surface area contributed by atoms with Crippen molar-refractivity contribution < 1.29 is 5.21 Å². The van der Waals surface area contributed by atoms with Gasteiger partial charge in [0.05, 0.1) is 46.1 Å². The zero-order valence-electron chi connectivity index (χ0n) is 16.5. The fraction of sp³-hybridized carbons (Fsp3) is 0.0909. The van der Waals surface area contributed by atoms with Crippen molar-refractivity contribution >= 4 is 44.9 Å². The number of thiazole rings is 1. The highest BCUT2D eigenvalue weighted by Crippen LogP contribution is 2.25. The number of hydroxylamine groups is 1. The summed E-state index contributed by atoms with van der Waals surface area (Å²) in [5.41, 5.74) is 4.70. The topological polar surface area (TPSA) is 106 Å². The summed E-state index contributed by atoms with van der Waals surface area (Å²) >= 11 is 1.56. The van der Waals surface area contributed by atoms with E-state index in [-0.39, 0.29) is 6.54 Å². The molecule has 3 N–H and O–H groups in total. The van der Waals surface area contributed by atoms with Crippen molar-refractivity contribution in [2.75, 3.05) is 0 Å². The lowest BCUT2D eigenvalue weighted by Crippen LogP contribution is -2.11. The van der Waals surface area contributed by atoms with Crippen LogP contribution in [0, 0.1) is 0 Å². The molecule has 8 nitrogen and oxygen atoms in total. The Kier molecular flexibility index (Phi) is 5.03. The number of nitrogens with one attached hydrogen (secondary N) is 2. The highest BCUT2D eigenvalue weighted by molar-refractivity contribution is 7.13. The molecule has 0 atom stereocenters. The number of nitrogens with zero attached hydrogens (tertiary/aromatic N) is 5.